The summed E-state index contributed by atoms with van der Waals surface area (Å²) >= 11 is 1.74. The molecule has 1 aromatic heterocycles. The highest BCUT2D eigenvalue weighted by molar-refractivity contribution is 7.07. The van der Waals surface area contributed by atoms with Crippen LogP contribution in [0.1, 0.15) is 37.3 Å². The third kappa shape index (κ3) is 3.07. The molecule has 3 N–H and O–H groups in total. The van der Waals surface area contributed by atoms with Crippen molar-refractivity contribution in [3.63, 3.8) is 0 Å². The molecule has 1 aromatic rings. The van der Waals surface area contributed by atoms with E-state index in [0.717, 1.165) is 19.4 Å². The first kappa shape index (κ1) is 13.0. The van der Waals surface area contributed by atoms with E-state index in [1.807, 2.05) is 0 Å². The molecule has 0 radical (unpaired) electrons. The van der Waals surface area contributed by atoms with Gasteiger partial charge in [-0.3, -0.25) is 4.90 Å². The van der Waals surface area contributed by atoms with Gasteiger partial charge in [-0.2, -0.15) is 11.3 Å². The predicted octanol–water partition coefficient (Wildman–Crippen LogP) is 1.98. The van der Waals surface area contributed by atoms with E-state index in [1.165, 1.54) is 18.4 Å². The number of nitrogens with zero attached hydrogens (tertiary/aromatic N) is 1. The Balaban J connectivity index is 2.03. The summed E-state index contributed by atoms with van der Waals surface area (Å²) < 4.78 is 0. The molecule has 1 aliphatic heterocycles. The van der Waals surface area contributed by atoms with Gasteiger partial charge in [0.2, 0.25) is 0 Å². The van der Waals surface area contributed by atoms with Crippen LogP contribution in [0.25, 0.3) is 0 Å². The number of nitrogens with two attached hydrogens (primary N) is 1. The van der Waals surface area contributed by atoms with Gasteiger partial charge in [0.05, 0.1) is 0 Å². The summed E-state index contributed by atoms with van der Waals surface area (Å²) in [5.41, 5.74) is 7.30. The second kappa shape index (κ2) is 6.50. The smallest absolute Gasteiger partial charge is 0.0481 e. The Morgan fingerprint density at radius 3 is 3.12 bits per heavy atom. The molecule has 1 aliphatic rings. The molecule has 2 heterocycles. The van der Waals surface area contributed by atoms with Crippen molar-refractivity contribution in [1.82, 2.24) is 4.90 Å². The number of aliphatic hydroxyl groups is 1. The molecule has 0 spiro atoms. The van der Waals surface area contributed by atoms with E-state index in [-0.39, 0.29) is 0 Å². The van der Waals surface area contributed by atoms with Crippen LogP contribution in [0.3, 0.4) is 0 Å². The van der Waals surface area contributed by atoms with Crippen LogP contribution in [0.5, 0.6) is 0 Å². The van der Waals surface area contributed by atoms with Gasteiger partial charge in [-0.25, -0.2) is 0 Å². The fourth-order valence-corrected chi connectivity index (χ4v) is 3.54. The van der Waals surface area contributed by atoms with Gasteiger partial charge >= 0.3 is 0 Å². The van der Waals surface area contributed by atoms with E-state index >= 15 is 0 Å². The molecule has 4 heteroatoms. The fourth-order valence-electron chi connectivity index (χ4n) is 2.83. The molecule has 3 nitrogen and oxygen atoms in total. The van der Waals surface area contributed by atoms with Gasteiger partial charge in [0.15, 0.2) is 0 Å². The molecule has 0 aromatic carbocycles. The molecule has 0 bridgehead atoms. The van der Waals surface area contributed by atoms with Crippen molar-refractivity contribution in [2.45, 2.75) is 37.8 Å². The van der Waals surface area contributed by atoms with Crippen LogP contribution in [-0.4, -0.2) is 35.7 Å². The summed E-state index contributed by atoms with van der Waals surface area (Å²) in [6.07, 6.45) is 4.51. The summed E-state index contributed by atoms with van der Waals surface area (Å²) in [5.74, 6) is 0. The topological polar surface area (TPSA) is 49.5 Å². The Labute approximate surface area is 107 Å². The minimum absolute atomic E-state index is 0.302. The van der Waals surface area contributed by atoms with Crippen LogP contribution in [0.15, 0.2) is 16.8 Å². The maximum absolute atomic E-state index is 8.95. The molecular formula is C13H22N2OS. The fraction of sp³-hybridized carbons (Fsp3) is 0.692. The zero-order valence-corrected chi connectivity index (χ0v) is 11.0. The Morgan fingerprint density at radius 1 is 1.59 bits per heavy atom. The van der Waals surface area contributed by atoms with Crippen LogP contribution >= 0.6 is 11.3 Å². The molecule has 2 unspecified atom stereocenters. The number of aliphatic hydroxyl groups excluding tert-OH is 1. The quantitative estimate of drug-likeness (QED) is 0.816. The van der Waals surface area contributed by atoms with Gasteiger partial charge in [0.1, 0.15) is 0 Å². The van der Waals surface area contributed by atoms with Crippen LogP contribution in [0, 0.1) is 0 Å². The van der Waals surface area contributed by atoms with Crippen molar-refractivity contribution in [2.24, 2.45) is 5.73 Å². The van der Waals surface area contributed by atoms with Crippen molar-refractivity contribution >= 4 is 11.3 Å². The normalized spacial score (nSPS) is 23.1. The molecule has 96 valence electrons. The largest absolute Gasteiger partial charge is 0.396 e. The predicted molar refractivity (Wildman–Crippen MR) is 72.2 cm³/mol. The molecule has 0 aliphatic carbocycles. The number of thiophene rings is 1. The van der Waals surface area contributed by atoms with Crippen molar-refractivity contribution < 1.29 is 5.11 Å². The van der Waals surface area contributed by atoms with Gasteiger partial charge < -0.3 is 10.8 Å². The summed E-state index contributed by atoms with van der Waals surface area (Å²) in [5, 5.41) is 13.3. The monoisotopic (exact) mass is 254 g/mol. The minimum Gasteiger partial charge on any atom is -0.396 e. The number of likely N-dealkylation sites (tertiary alicyclic amines) is 1. The van der Waals surface area contributed by atoms with Gasteiger partial charge in [-0.15, -0.1) is 0 Å². The highest BCUT2D eigenvalue weighted by atomic mass is 32.1. The van der Waals surface area contributed by atoms with E-state index in [0.29, 0.717) is 25.2 Å². The van der Waals surface area contributed by atoms with E-state index in [9.17, 15) is 0 Å². The van der Waals surface area contributed by atoms with Crippen molar-refractivity contribution in [1.29, 1.82) is 0 Å². The summed E-state index contributed by atoms with van der Waals surface area (Å²) in [4.78, 5) is 2.54. The molecule has 17 heavy (non-hydrogen) atoms. The van der Waals surface area contributed by atoms with Gasteiger partial charge in [0, 0.05) is 25.2 Å². The third-order valence-corrected chi connectivity index (χ3v) is 4.37. The Kier molecular flexibility index (Phi) is 4.98. The van der Waals surface area contributed by atoms with E-state index < -0.39 is 0 Å². The zero-order valence-electron chi connectivity index (χ0n) is 10.2. The maximum Gasteiger partial charge on any atom is 0.0481 e. The zero-order chi connectivity index (χ0) is 12.1. The molecule has 0 amide bonds. The second-order valence-electron chi connectivity index (χ2n) is 4.71. The van der Waals surface area contributed by atoms with Crippen LogP contribution < -0.4 is 5.73 Å². The first-order chi connectivity index (χ1) is 8.36. The van der Waals surface area contributed by atoms with Crippen LogP contribution in [0.2, 0.25) is 0 Å². The lowest BCUT2D eigenvalue weighted by Crippen LogP contribution is -2.37. The summed E-state index contributed by atoms with van der Waals surface area (Å²) in [6, 6.07) is 3.16. The van der Waals surface area contributed by atoms with E-state index in [4.69, 9.17) is 10.8 Å². The molecule has 2 rings (SSSR count). The Hall–Kier alpha value is -0.420. The highest BCUT2D eigenvalue weighted by Crippen LogP contribution is 2.31. The lowest BCUT2D eigenvalue weighted by molar-refractivity contribution is 0.165. The average molecular weight is 254 g/mol. The van der Waals surface area contributed by atoms with Crippen LogP contribution in [0.4, 0.5) is 0 Å². The van der Waals surface area contributed by atoms with Gasteiger partial charge in [-0.05, 0) is 54.6 Å². The van der Waals surface area contributed by atoms with Crippen LogP contribution in [-0.2, 0) is 0 Å². The molecule has 0 saturated carbocycles. The lowest BCUT2D eigenvalue weighted by Gasteiger charge is -2.32. The number of hydrogen-bond donors (Lipinski definition) is 2. The first-order valence-electron chi connectivity index (χ1n) is 6.45. The van der Waals surface area contributed by atoms with Gasteiger partial charge in [-0.1, -0.05) is 0 Å². The lowest BCUT2D eigenvalue weighted by atomic mass is 10.0. The third-order valence-electron chi connectivity index (χ3n) is 3.67. The number of rotatable bonds is 6. The molecule has 1 fully saturated rings. The first-order valence-corrected chi connectivity index (χ1v) is 7.40. The van der Waals surface area contributed by atoms with E-state index in [2.05, 4.69) is 21.7 Å². The van der Waals surface area contributed by atoms with Gasteiger partial charge in [0.25, 0.3) is 0 Å². The highest BCUT2D eigenvalue weighted by Gasteiger charge is 2.30. The summed E-state index contributed by atoms with van der Waals surface area (Å²) in [7, 11) is 0. The van der Waals surface area contributed by atoms with E-state index in [1.54, 1.807) is 11.3 Å². The SMILES string of the molecule is NCC(c1ccsc1)N1CCCC1CCCO. The second-order valence-corrected chi connectivity index (χ2v) is 5.49. The Morgan fingerprint density at radius 2 is 2.47 bits per heavy atom. The van der Waals surface area contributed by atoms with Crippen molar-refractivity contribution in [2.75, 3.05) is 19.7 Å². The number of hydrogen-bond acceptors (Lipinski definition) is 4. The molecular weight excluding hydrogens is 232 g/mol. The molecule has 2 atom stereocenters. The standard InChI is InChI=1S/C13H22N2OS/c14-9-13(11-5-8-17-10-11)15-6-1-3-12(15)4-2-7-16/h5,8,10,12-13,16H,1-4,6-7,9,14H2. The molecule has 1 saturated heterocycles. The maximum atomic E-state index is 8.95. The average Bonchev–Trinajstić information content (AvgIpc) is 2.99. The van der Waals surface area contributed by atoms with Crippen molar-refractivity contribution in [3.05, 3.63) is 22.4 Å². The Bertz CT molecular complexity index is 315. The minimum atomic E-state index is 0.302. The summed E-state index contributed by atoms with van der Waals surface area (Å²) in [6.45, 7) is 2.14. The van der Waals surface area contributed by atoms with Crippen molar-refractivity contribution in [3.8, 4) is 0 Å².